The number of methoxy groups -OCH3 is 2. The van der Waals surface area contributed by atoms with Crippen LogP contribution in [0.15, 0.2) is 10.5 Å². The molecule has 0 amide bonds. The summed E-state index contributed by atoms with van der Waals surface area (Å²) in [6, 6.07) is 1.71. The van der Waals surface area contributed by atoms with Gasteiger partial charge < -0.3 is 23.9 Å². The Kier molecular flexibility index (Phi) is 4.80. The monoisotopic (exact) mass is 283 g/mol. The number of carbonyl (C=O) groups is 1. The van der Waals surface area contributed by atoms with Gasteiger partial charge in [-0.3, -0.25) is 0 Å². The van der Waals surface area contributed by atoms with Crippen molar-refractivity contribution in [3.63, 3.8) is 0 Å². The first kappa shape index (κ1) is 15.0. The van der Waals surface area contributed by atoms with Gasteiger partial charge in [0.15, 0.2) is 0 Å². The maximum atomic E-state index is 11.5. The molecule has 6 nitrogen and oxygen atoms in total. The van der Waals surface area contributed by atoms with E-state index in [1.807, 2.05) is 0 Å². The van der Waals surface area contributed by atoms with Crippen LogP contribution < -0.4 is 5.32 Å². The molecule has 1 aromatic heterocycles. The Morgan fingerprint density at radius 2 is 2.30 bits per heavy atom. The maximum absolute atomic E-state index is 11.5. The maximum Gasteiger partial charge on any atom is 0.341 e. The summed E-state index contributed by atoms with van der Waals surface area (Å²) in [5.74, 6) is 0.891. The molecule has 2 heterocycles. The van der Waals surface area contributed by atoms with Crippen LogP contribution in [0, 0.1) is 6.92 Å². The minimum atomic E-state index is -0.380. The third-order valence-electron chi connectivity index (χ3n) is 3.62. The first-order chi connectivity index (χ1) is 9.60. The van der Waals surface area contributed by atoms with Crippen molar-refractivity contribution in [3.8, 4) is 0 Å². The van der Waals surface area contributed by atoms with Crippen LogP contribution in [0.4, 0.5) is 0 Å². The number of aryl methyl sites for hydroxylation is 1. The third kappa shape index (κ3) is 3.20. The van der Waals surface area contributed by atoms with E-state index in [0.717, 1.165) is 13.0 Å². The zero-order valence-corrected chi connectivity index (χ0v) is 12.2. The summed E-state index contributed by atoms with van der Waals surface area (Å²) in [5.41, 5.74) is 0.210. The highest BCUT2D eigenvalue weighted by Gasteiger charge is 2.34. The molecule has 20 heavy (non-hydrogen) atoms. The molecule has 1 fully saturated rings. The number of rotatable bonds is 6. The predicted molar refractivity (Wildman–Crippen MR) is 71.7 cm³/mol. The van der Waals surface area contributed by atoms with Crippen molar-refractivity contribution in [2.24, 2.45) is 0 Å². The van der Waals surface area contributed by atoms with Crippen LogP contribution in [-0.4, -0.2) is 45.5 Å². The number of hydrogen-bond acceptors (Lipinski definition) is 6. The van der Waals surface area contributed by atoms with Gasteiger partial charge in [0.25, 0.3) is 0 Å². The second kappa shape index (κ2) is 6.39. The van der Waals surface area contributed by atoms with Crippen molar-refractivity contribution in [1.82, 2.24) is 5.32 Å². The molecule has 1 aliphatic heterocycles. The second-order valence-corrected chi connectivity index (χ2v) is 4.97. The Hall–Kier alpha value is -1.37. The van der Waals surface area contributed by atoms with Gasteiger partial charge in [-0.15, -0.1) is 0 Å². The zero-order chi connectivity index (χ0) is 14.6. The Labute approximate surface area is 118 Å². The molecule has 0 saturated carbocycles. The Balaban J connectivity index is 1.89. The quantitative estimate of drug-likeness (QED) is 0.793. The number of esters is 1. The van der Waals surface area contributed by atoms with E-state index in [9.17, 15) is 4.79 Å². The van der Waals surface area contributed by atoms with Crippen molar-refractivity contribution in [3.05, 3.63) is 23.2 Å². The molecular formula is C14H21NO5. The summed E-state index contributed by atoms with van der Waals surface area (Å²) in [5, 5.41) is 3.28. The molecule has 0 bridgehead atoms. The molecular weight excluding hydrogens is 262 g/mol. The molecule has 1 unspecified atom stereocenters. The molecule has 1 saturated heterocycles. The molecule has 0 aromatic carbocycles. The van der Waals surface area contributed by atoms with E-state index in [-0.39, 0.29) is 11.6 Å². The molecule has 6 heteroatoms. The number of carbonyl (C=O) groups excluding carboxylic acids is 1. The predicted octanol–water partition coefficient (Wildman–Crippen LogP) is 1.27. The zero-order valence-electron chi connectivity index (χ0n) is 12.2. The highest BCUT2D eigenvalue weighted by molar-refractivity contribution is 5.90. The van der Waals surface area contributed by atoms with Crippen LogP contribution in [0.25, 0.3) is 0 Å². The van der Waals surface area contributed by atoms with Gasteiger partial charge >= 0.3 is 5.97 Å². The van der Waals surface area contributed by atoms with Crippen molar-refractivity contribution >= 4 is 5.97 Å². The lowest BCUT2D eigenvalue weighted by atomic mass is 10.0. The summed E-state index contributed by atoms with van der Waals surface area (Å²) in [6.45, 7) is 4.28. The summed E-state index contributed by atoms with van der Waals surface area (Å²) in [7, 11) is 3.05. The van der Waals surface area contributed by atoms with Crippen LogP contribution in [0.5, 0.6) is 0 Å². The molecule has 1 N–H and O–H groups in total. The number of furan rings is 1. The first-order valence-electron chi connectivity index (χ1n) is 6.61. The van der Waals surface area contributed by atoms with E-state index in [1.54, 1.807) is 20.1 Å². The number of nitrogens with one attached hydrogen (secondary N) is 1. The second-order valence-electron chi connectivity index (χ2n) is 4.97. The highest BCUT2D eigenvalue weighted by Crippen LogP contribution is 2.22. The number of hydrogen-bond donors (Lipinski definition) is 1. The minimum Gasteiger partial charge on any atom is -0.465 e. The van der Waals surface area contributed by atoms with Gasteiger partial charge in [-0.2, -0.15) is 0 Å². The van der Waals surface area contributed by atoms with Crippen molar-refractivity contribution in [2.75, 3.05) is 34.0 Å². The average Bonchev–Trinajstić information content (AvgIpc) is 3.06. The summed E-state index contributed by atoms with van der Waals surface area (Å²) in [4.78, 5) is 11.5. The SMILES string of the molecule is COC(=O)c1cc(CNCC2(OC)CCOC2)oc1C. The molecule has 1 atom stereocenters. The van der Waals surface area contributed by atoms with E-state index < -0.39 is 0 Å². The van der Waals surface area contributed by atoms with Crippen LogP contribution in [0.1, 0.15) is 28.3 Å². The van der Waals surface area contributed by atoms with Crippen molar-refractivity contribution in [1.29, 1.82) is 0 Å². The average molecular weight is 283 g/mol. The van der Waals surface area contributed by atoms with Gasteiger partial charge in [0.1, 0.15) is 22.7 Å². The smallest absolute Gasteiger partial charge is 0.341 e. The van der Waals surface area contributed by atoms with Crippen LogP contribution >= 0.6 is 0 Å². The van der Waals surface area contributed by atoms with Crippen molar-refractivity contribution < 1.29 is 23.4 Å². The highest BCUT2D eigenvalue weighted by atomic mass is 16.5. The van der Waals surface area contributed by atoms with Gasteiger partial charge in [0.2, 0.25) is 0 Å². The molecule has 0 spiro atoms. The Bertz CT molecular complexity index is 462. The lowest BCUT2D eigenvalue weighted by molar-refractivity contribution is -0.0161. The molecule has 0 radical (unpaired) electrons. The Morgan fingerprint density at radius 3 is 2.90 bits per heavy atom. The van der Waals surface area contributed by atoms with Gasteiger partial charge in [-0.05, 0) is 13.0 Å². The van der Waals surface area contributed by atoms with E-state index in [2.05, 4.69) is 5.32 Å². The standard InChI is InChI=1S/C14H21NO5/c1-10-12(13(16)17-2)6-11(20-10)7-15-8-14(18-3)4-5-19-9-14/h6,15H,4-5,7-9H2,1-3H3. The summed E-state index contributed by atoms with van der Waals surface area (Å²) in [6.07, 6.45) is 0.876. The van der Waals surface area contributed by atoms with Crippen LogP contribution in [-0.2, 0) is 20.8 Å². The molecule has 2 rings (SSSR count). The van der Waals surface area contributed by atoms with E-state index >= 15 is 0 Å². The molecule has 1 aromatic rings. The molecule has 1 aliphatic rings. The number of ether oxygens (including phenoxy) is 3. The Morgan fingerprint density at radius 1 is 1.50 bits per heavy atom. The molecule has 0 aliphatic carbocycles. The van der Waals surface area contributed by atoms with Gasteiger partial charge in [0, 0.05) is 26.7 Å². The molecule has 112 valence electrons. The normalized spacial score (nSPS) is 22.1. The summed E-state index contributed by atoms with van der Waals surface area (Å²) >= 11 is 0. The largest absolute Gasteiger partial charge is 0.465 e. The fraction of sp³-hybridized carbons (Fsp3) is 0.643. The first-order valence-corrected chi connectivity index (χ1v) is 6.61. The fourth-order valence-corrected chi connectivity index (χ4v) is 2.32. The minimum absolute atomic E-state index is 0.257. The van der Waals surface area contributed by atoms with Crippen LogP contribution in [0.3, 0.4) is 0 Å². The van der Waals surface area contributed by atoms with E-state index in [4.69, 9.17) is 18.6 Å². The fourth-order valence-electron chi connectivity index (χ4n) is 2.32. The van der Waals surface area contributed by atoms with E-state index in [1.165, 1.54) is 7.11 Å². The van der Waals surface area contributed by atoms with Crippen LogP contribution in [0.2, 0.25) is 0 Å². The van der Waals surface area contributed by atoms with Gasteiger partial charge in [-0.1, -0.05) is 0 Å². The lowest BCUT2D eigenvalue weighted by Crippen LogP contribution is -2.42. The van der Waals surface area contributed by atoms with E-state index in [0.29, 0.717) is 36.8 Å². The van der Waals surface area contributed by atoms with Gasteiger partial charge in [-0.25, -0.2) is 4.79 Å². The third-order valence-corrected chi connectivity index (χ3v) is 3.62. The van der Waals surface area contributed by atoms with Gasteiger partial charge in [0.05, 0.1) is 20.3 Å². The lowest BCUT2D eigenvalue weighted by Gasteiger charge is -2.25. The summed E-state index contributed by atoms with van der Waals surface area (Å²) < 4.78 is 21.1. The van der Waals surface area contributed by atoms with Crippen molar-refractivity contribution in [2.45, 2.75) is 25.5 Å². The topological polar surface area (TPSA) is 69.9 Å².